The number of carboxylic acid groups (broad SMARTS) is 1. The summed E-state index contributed by atoms with van der Waals surface area (Å²) in [5.74, 6) is -0.670. The van der Waals surface area contributed by atoms with Gasteiger partial charge in [0.05, 0.1) is 19.3 Å². The zero-order chi connectivity index (χ0) is 13.4. The Morgan fingerprint density at radius 3 is 2.72 bits per heavy atom. The van der Waals surface area contributed by atoms with E-state index in [1.165, 1.54) is 12.5 Å². The van der Waals surface area contributed by atoms with Crippen LogP contribution in [0.4, 0.5) is 10.5 Å². The molecular weight excluding hydrogens is 262 g/mol. The molecule has 18 heavy (non-hydrogen) atoms. The number of methoxy groups -OCH3 is 1. The maximum atomic E-state index is 11.5. The Hall–Kier alpha value is -1.64. The molecule has 2 rings (SSSR count). The lowest BCUT2D eigenvalue weighted by Crippen LogP contribution is -2.44. The second-order valence-electron chi connectivity index (χ2n) is 3.77. The fourth-order valence-electron chi connectivity index (χ4n) is 1.85. The van der Waals surface area contributed by atoms with Gasteiger partial charge in [0.1, 0.15) is 17.1 Å². The van der Waals surface area contributed by atoms with Crippen LogP contribution in [-0.4, -0.2) is 47.1 Å². The Morgan fingerprint density at radius 1 is 1.50 bits per heavy atom. The average molecular weight is 273 g/mol. The number of hydrogen-bond acceptors (Lipinski definition) is 6. The minimum absolute atomic E-state index is 0.0946. The van der Waals surface area contributed by atoms with Crippen molar-refractivity contribution < 1.29 is 29.6 Å². The van der Waals surface area contributed by atoms with Gasteiger partial charge in [-0.25, -0.2) is 9.59 Å². The van der Waals surface area contributed by atoms with E-state index >= 15 is 0 Å². The highest BCUT2D eigenvalue weighted by atomic mass is 32.1. The van der Waals surface area contributed by atoms with Crippen LogP contribution in [0.25, 0.3) is 0 Å². The van der Waals surface area contributed by atoms with Gasteiger partial charge in [-0.05, 0) is 5.38 Å². The molecule has 1 aliphatic rings. The number of carbonyl (C=O) groups excluding carboxylic acids is 1. The number of ether oxygens (including phenoxy) is 1. The molecule has 0 aromatic carbocycles. The van der Waals surface area contributed by atoms with E-state index in [1.807, 2.05) is 0 Å². The highest BCUT2D eigenvalue weighted by molar-refractivity contribution is 7.12. The monoisotopic (exact) mass is 273 g/mol. The van der Waals surface area contributed by atoms with Gasteiger partial charge in [0.2, 0.25) is 0 Å². The molecule has 2 atom stereocenters. The first-order valence-electron chi connectivity index (χ1n) is 5.03. The van der Waals surface area contributed by atoms with E-state index in [9.17, 15) is 19.8 Å². The van der Waals surface area contributed by atoms with Crippen molar-refractivity contribution in [1.29, 1.82) is 0 Å². The number of aliphatic hydroxyl groups excluding tert-OH is 2. The first kappa shape index (κ1) is 12.8. The Bertz CT molecular complexity index is 499. The number of hydrogen-bond donors (Lipinski definition) is 3. The molecule has 0 bridgehead atoms. The molecule has 0 aliphatic carbocycles. The standard InChI is InChI=1S/C10H11NO6S/c1-17-9(14)8-6-4(3-18-8)7(13)5(12)2-11(6)10(15)16/h3,5,7,12-13H,2H2,1H3,(H,15,16). The summed E-state index contributed by atoms with van der Waals surface area (Å²) >= 11 is 0.974. The lowest BCUT2D eigenvalue weighted by Gasteiger charge is -2.32. The summed E-state index contributed by atoms with van der Waals surface area (Å²) in [5, 5.41) is 29.9. The van der Waals surface area contributed by atoms with Crippen LogP contribution in [0, 0.1) is 0 Å². The minimum Gasteiger partial charge on any atom is -0.465 e. The fraction of sp³-hybridized carbons (Fsp3) is 0.400. The van der Waals surface area contributed by atoms with Gasteiger partial charge < -0.3 is 20.1 Å². The first-order valence-corrected chi connectivity index (χ1v) is 5.91. The van der Waals surface area contributed by atoms with Crippen LogP contribution >= 0.6 is 11.3 Å². The molecule has 1 aliphatic heterocycles. The minimum atomic E-state index is -1.30. The molecule has 1 aromatic heterocycles. The number of amides is 1. The molecule has 8 heteroatoms. The molecule has 1 amide bonds. The topological polar surface area (TPSA) is 107 Å². The Balaban J connectivity index is 2.56. The molecule has 0 fully saturated rings. The molecule has 98 valence electrons. The van der Waals surface area contributed by atoms with E-state index in [1.54, 1.807) is 0 Å². The SMILES string of the molecule is COC(=O)c1scc2c1N(C(=O)O)CC(O)C2O. The van der Waals surface area contributed by atoms with E-state index in [4.69, 9.17) is 5.11 Å². The normalized spacial score (nSPS) is 22.5. The summed E-state index contributed by atoms with van der Waals surface area (Å²) in [5.41, 5.74) is 0.318. The molecule has 0 saturated heterocycles. The number of aliphatic hydroxyl groups is 2. The van der Waals surface area contributed by atoms with Gasteiger partial charge in [-0.15, -0.1) is 11.3 Å². The molecule has 7 nitrogen and oxygen atoms in total. The molecule has 0 spiro atoms. The number of nitrogens with zero attached hydrogens (tertiary/aromatic N) is 1. The number of carbonyl (C=O) groups is 2. The van der Waals surface area contributed by atoms with Crippen molar-refractivity contribution >= 4 is 29.1 Å². The summed E-state index contributed by atoms with van der Waals surface area (Å²) < 4.78 is 4.56. The Labute approximate surface area is 106 Å². The summed E-state index contributed by atoms with van der Waals surface area (Å²) in [6.07, 6.45) is -3.72. The maximum Gasteiger partial charge on any atom is 0.411 e. The van der Waals surface area contributed by atoms with Crippen molar-refractivity contribution in [3.8, 4) is 0 Å². The second-order valence-corrected chi connectivity index (χ2v) is 4.65. The van der Waals surface area contributed by atoms with Crippen molar-refractivity contribution in [3.05, 3.63) is 15.8 Å². The zero-order valence-electron chi connectivity index (χ0n) is 9.36. The number of rotatable bonds is 1. The smallest absolute Gasteiger partial charge is 0.411 e. The average Bonchev–Trinajstić information content (AvgIpc) is 2.77. The third-order valence-corrected chi connectivity index (χ3v) is 3.68. The van der Waals surface area contributed by atoms with Gasteiger partial charge in [0, 0.05) is 5.56 Å². The first-order chi connectivity index (χ1) is 8.47. The third-order valence-electron chi connectivity index (χ3n) is 2.72. The summed E-state index contributed by atoms with van der Waals surface area (Å²) in [7, 11) is 1.19. The molecular formula is C10H11NO6S. The fourth-order valence-corrected chi connectivity index (χ4v) is 2.87. The summed E-state index contributed by atoms with van der Waals surface area (Å²) in [6, 6.07) is 0. The van der Waals surface area contributed by atoms with Gasteiger partial charge in [0.15, 0.2) is 0 Å². The number of esters is 1. The van der Waals surface area contributed by atoms with E-state index < -0.39 is 24.3 Å². The summed E-state index contributed by atoms with van der Waals surface area (Å²) in [6.45, 7) is -0.287. The van der Waals surface area contributed by atoms with Gasteiger partial charge in [-0.2, -0.15) is 0 Å². The second kappa shape index (κ2) is 4.56. The number of thiophene rings is 1. The predicted octanol–water partition coefficient (Wildman–Crippen LogP) is 0.427. The van der Waals surface area contributed by atoms with Gasteiger partial charge in [-0.3, -0.25) is 4.90 Å². The summed E-state index contributed by atoms with van der Waals surface area (Å²) in [4.78, 5) is 23.6. The largest absolute Gasteiger partial charge is 0.465 e. The third kappa shape index (κ3) is 1.84. The molecule has 2 heterocycles. The van der Waals surface area contributed by atoms with Gasteiger partial charge >= 0.3 is 12.1 Å². The van der Waals surface area contributed by atoms with Crippen molar-refractivity contribution in [3.63, 3.8) is 0 Å². The van der Waals surface area contributed by atoms with Crippen molar-refractivity contribution in [2.45, 2.75) is 12.2 Å². The van der Waals surface area contributed by atoms with Crippen LogP contribution in [0.3, 0.4) is 0 Å². The van der Waals surface area contributed by atoms with E-state index in [2.05, 4.69) is 4.74 Å². The number of fused-ring (bicyclic) bond motifs is 1. The van der Waals surface area contributed by atoms with E-state index in [0.29, 0.717) is 0 Å². The maximum absolute atomic E-state index is 11.5. The quantitative estimate of drug-likeness (QED) is 0.640. The molecule has 2 unspecified atom stereocenters. The van der Waals surface area contributed by atoms with Gasteiger partial charge in [-0.1, -0.05) is 0 Å². The molecule has 1 aromatic rings. The highest BCUT2D eigenvalue weighted by Crippen LogP contribution is 2.41. The van der Waals surface area contributed by atoms with Crippen molar-refractivity contribution in [2.24, 2.45) is 0 Å². The molecule has 0 radical (unpaired) electrons. The lowest BCUT2D eigenvalue weighted by atomic mass is 9.99. The lowest BCUT2D eigenvalue weighted by molar-refractivity contribution is 0.0185. The van der Waals surface area contributed by atoms with Crippen LogP contribution in [0.2, 0.25) is 0 Å². The van der Waals surface area contributed by atoms with Gasteiger partial charge in [0.25, 0.3) is 0 Å². The van der Waals surface area contributed by atoms with Crippen LogP contribution in [0.1, 0.15) is 21.3 Å². The van der Waals surface area contributed by atoms with Crippen LogP contribution in [-0.2, 0) is 4.74 Å². The molecule has 0 saturated carbocycles. The Morgan fingerprint density at radius 2 is 2.17 bits per heavy atom. The van der Waals surface area contributed by atoms with E-state index in [-0.39, 0.29) is 22.7 Å². The van der Waals surface area contributed by atoms with Crippen LogP contribution in [0.15, 0.2) is 5.38 Å². The predicted molar refractivity (Wildman–Crippen MR) is 62.0 cm³/mol. The Kier molecular flexibility index (Phi) is 3.24. The van der Waals surface area contributed by atoms with Crippen LogP contribution in [0.5, 0.6) is 0 Å². The van der Waals surface area contributed by atoms with E-state index in [0.717, 1.165) is 16.2 Å². The number of β-amino-alcohol motifs (C(OH)–C–C–N with tert-alkyl or cyclic N) is 1. The number of anilines is 1. The van der Waals surface area contributed by atoms with Crippen molar-refractivity contribution in [2.75, 3.05) is 18.6 Å². The molecule has 3 N–H and O–H groups in total. The van der Waals surface area contributed by atoms with Crippen LogP contribution < -0.4 is 4.90 Å². The zero-order valence-corrected chi connectivity index (χ0v) is 10.2. The highest BCUT2D eigenvalue weighted by Gasteiger charge is 2.38. The van der Waals surface area contributed by atoms with Crippen molar-refractivity contribution in [1.82, 2.24) is 0 Å².